The van der Waals surface area contributed by atoms with Crippen LogP contribution in [0.25, 0.3) is 0 Å². The molecule has 10 heavy (non-hydrogen) atoms. The van der Waals surface area contributed by atoms with Gasteiger partial charge in [0.15, 0.2) is 9.76 Å². The minimum Gasteiger partial charge on any atom is -0.322 e. The lowest BCUT2D eigenvalue weighted by molar-refractivity contribution is 0.491. The van der Waals surface area contributed by atoms with Crippen LogP contribution in [0.3, 0.4) is 0 Å². The van der Waals surface area contributed by atoms with Gasteiger partial charge in [-0.1, -0.05) is 20.8 Å². The van der Waals surface area contributed by atoms with Crippen LogP contribution in [0.4, 0.5) is 0 Å². The van der Waals surface area contributed by atoms with Crippen LogP contribution in [0.15, 0.2) is 0 Å². The predicted octanol–water partition coefficient (Wildman–Crippen LogP) is 0.265. The molecule has 0 unspecified atom stereocenters. The quantitative estimate of drug-likeness (QED) is 0.576. The largest absolute Gasteiger partial charge is 0.322 e. The molecule has 5 heteroatoms. The van der Waals surface area contributed by atoms with Crippen LogP contribution in [0.2, 0.25) is 5.04 Å². The van der Waals surface area contributed by atoms with Crippen molar-refractivity contribution < 1.29 is 12.3 Å². The van der Waals surface area contributed by atoms with E-state index in [9.17, 15) is 8.42 Å². The average molecular weight is 182 g/mol. The molecule has 0 fully saturated rings. The van der Waals surface area contributed by atoms with Gasteiger partial charge < -0.3 is 3.87 Å². The molecule has 0 atom stereocenters. The van der Waals surface area contributed by atoms with E-state index in [4.69, 9.17) is 3.87 Å². The Labute approximate surface area is 64.8 Å². The van der Waals surface area contributed by atoms with Crippen molar-refractivity contribution >= 4 is 19.9 Å². The predicted molar refractivity (Wildman–Crippen MR) is 44.2 cm³/mol. The zero-order chi connectivity index (χ0) is 8.41. The second kappa shape index (κ2) is 3.02. The van der Waals surface area contributed by atoms with Crippen LogP contribution < -0.4 is 0 Å². The van der Waals surface area contributed by atoms with E-state index >= 15 is 0 Å². The second-order valence-electron chi connectivity index (χ2n) is 3.53. The van der Waals surface area contributed by atoms with Crippen LogP contribution >= 0.6 is 0 Å². The highest BCUT2D eigenvalue weighted by atomic mass is 32.2. The summed E-state index contributed by atoms with van der Waals surface area (Å²) < 4.78 is 25.7. The maximum atomic E-state index is 10.5. The minimum absolute atomic E-state index is 0.0447. The van der Waals surface area contributed by atoms with Crippen molar-refractivity contribution in [2.24, 2.45) is 0 Å². The van der Waals surface area contributed by atoms with E-state index in [-0.39, 0.29) is 5.04 Å². The summed E-state index contributed by atoms with van der Waals surface area (Å²) in [5.74, 6) is 0. The van der Waals surface area contributed by atoms with Crippen molar-refractivity contribution in [3.63, 3.8) is 0 Å². The first-order valence-corrected chi connectivity index (χ1v) is 6.15. The topological polar surface area (TPSA) is 43.4 Å². The van der Waals surface area contributed by atoms with E-state index in [0.717, 1.165) is 6.26 Å². The molecule has 0 radical (unpaired) electrons. The Balaban J connectivity index is 3.79. The third kappa shape index (κ3) is 8.13. The van der Waals surface area contributed by atoms with Crippen molar-refractivity contribution in [3.05, 3.63) is 0 Å². The van der Waals surface area contributed by atoms with Gasteiger partial charge in [-0.25, -0.2) is 8.42 Å². The Morgan fingerprint density at radius 1 is 1.30 bits per heavy atom. The van der Waals surface area contributed by atoms with E-state index in [1.165, 1.54) is 0 Å². The van der Waals surface area contributed by atoms with E-state index in [1.54, 1.807) is 0 Å². The third-order valence-electron chi connectivity index (χ3n) is 0.706. The normalized spacial score (nSPS) is 14.8. The van der Waals surface area contributed by atoms with Crippen molar-refractivity contribution in [1.82, 2.24) is 0 Å². The molecule has 0 bridgehead atoms. The molecule has 0 aliphatic heterocycles. The Morgan fingerprint density at radius 3 is 1.80 bits per heavy atom. The van der Waals surface area contributed by atoms with Crippen LogP contribution in [0.5, 0.6) is 0 Å². The smallest absolute Gasteiger partial charge is 0.254 e. The Hall–Kier alpha value is 0.127. The standard InChI is InChI=1S/C5H14O3SSi/c1-5(2,3)10-8-9(4,6)7/h10H2,1-4H3. The van der Waals surface area contributed by atoms with Gasteiger partial charge in [0.25, 0.3) is 10.1 Å². The summed E-state index contributed by atoms with van der Waals surface area (Å²) in [6, 6.07) is 0. The maximum absolute atomic E-state index is 10.5. The molecular weight excluding hydrogens is 168 g/mol. The number of hydrogen-bond donors (Lipinski definition) is 0. The first kappa shape index (κ1) is 10.1. The van der Waals surface area contributed by atoms with E-state index < -0.39 is 19.9 Å². The third-order valence-corrected chi connectivity index (χ3v) is 3.76. The highest BCUT2D eigenvalue weighted by molar-refractivity contribution is 7.86. The molecule has 0 aliphatic rings. The Kier molecular flexibility index (Phi) is 3.06. The highest BCUT2D eigenvalue weighted by Gasteiger charge is 2.14. The van der Waals surface area contributed by atoms with Crippen LogP contribution in [-0.2, 0) is 14.0 Å². The summed E-state index contributed by atoms with van der Waals surface area (Å²) in [7, 11) is -4.14. The molecule has 0 N–H and O–H groups in total. The highest BCUT2D eigenvalue weighted by Crippen LogP contribution is 2.20. The van der Waals surface area contributed by atoms with Gasteiger partial charge in [0.1, 0.15) is 0 Å². The molecule has 0 saturated heterocycles. The molecule has 3 nitrogen and oxygen atoms in total. The SMILES string of the molecule is CC(C)(C)[SiH2]OS(C)(=O)=O. The molecule has 0 heterocycles. The van der Waals surface area contributed by atoms with E-state index in [2.05, 4.69) is 0 Å². The van der Waals surface area contributed by atoms with Crippen molar-refractivity contribution in [1.29, 1.82) is 0 Å². The van der Waals surface area contributed by atoms with Gasteiger partial charge in [-0.05, 0) is 5.04 Å². The van der Waals surface area contributed by atoms with Crippen LogP contribution in [-0.4, -0.2) is 24.4 Å². The minimum atomic E-state index is -3.20. The lowest BCUT2D eigenvalue weighted by Crippen LogP contribution is -2.16. The zero-order valence-corrected chi connectivity index (χ0v) is 9.07. The van der Waals surface area contributed by atoms with Gasteiger partial charge >= 0.3 is 0 Å². The fourth-order valence-corrected chi connectivity index (χ4v) is 2.55. The lowest BCUT2D eigenvalue weighted by Gasteiger charge is -2.15. The van der Waals surface area contributed by atoms with E-state index in [0.29, 0.717) is 0 Å². The monoisotopic (exact) mass is 182 g/mol. The molecular formula is C5H14O3SSi. The second-order valence-corrected chi connectivity index (χ2v) is 8.29. The summed E-state index contributed by atoms with van der Waals surface area (Å²) in [6.45, 7) is 5.93. The Bertz CT molecular complexity index is 189. The fourth-order valence-electron chi connectivity index (χ4n) is 0.284. The lowest BCUT2D eigenvalue weighted by atomic mass is 10.3. The van der Waals surface area contributed by atoms with Crippen molar-refractivity contribution in [2.45, 2.75) is 25.8 Å². The van der Waals surface area contributed by atoms with Gasteiger partial charge in [0.05, 0.1) is 6.26 Å². The first-order chi connectivity index (χ1) is 4.21. The molecule has 62 valence electrons. The van der Waals surface area contributed by atoms with Gasteiger partial charge in [0.2, 0.25) is 0 Å². The molecule has 0 amide bonds. The van der Waals surface area contributed by atoms with Gasteiger partial charge in [-0.15, -0.1) is 0 Å². The van der Waals surface area contributed by atoms with Crippen molar-refractivity contribution in [3.8, 4) is 0 Å². The van der Waals surface area contributed by atoms with Crippen molar-refractivity contribution in [2.75, 3.05) is 6.26 Å². The molecule has 0 rings (SSSR count). The molecule has 0 aromatic carbocycles. The van der Waals surface area contributed by atoms with Gasteiger partial charge in [-0.2, -0.15) is 0 Å². The maximum Gasteiger partial charge on any atom is 0.254 e. The van der Waals surface area contributed by atoms with Gasteiger partial charge in [0, 0.05) is 0 Å². The van der Waals surface area contributed by atoms with E-state index in [1.807, 2.05) is 20.8 Å². The zero-order valence-electron chi connectivity index (χ0n) is 6.84. The Morgan fingerprint density at radius 2 is 1.70 bits per heavy atom. The fraction of sp³-hybridized carbons (Fsp3) is 1.00. The summed E-state index contributed by atoms with van der Waals surface area (Å²) in [5.41, 5.74) is 0. The van der Waals surface area contributed by atoms with Crippen LogP contribution in [0.1, 0.15) is 20.8 Å². The molecule has 0 aromatic rings. The molecule has 0 aromatic heterocycles. The summed E-state index contributed by atoms with van der Waals surface area (Å²) in [6.07, 6.45) is 1.09. The molecule has 0 saturated carbocycles. The average Bonchev–Trinajstić information content (AvgIpc) is 1.57. The summed E-state index contributed by atoms with van der Waals surface area (Å²) >= 11 is 0. The molecule has 0 spiro atoms. The first-order valence-electron chi connectivity index (χ1n) is 3.05. The summed E-state index contributed by atoms with van der Waals surface area (Å²) in [4.78, 5) is 0. The van der Waals surface area contributed by atoms with Gasteiger partial charge in [-0.3, -0.25) is 0 Å². The molecule has 0 aliphatic carbocycles. The summed E-state index contributed by atoms with van der Waals surface area (Å²) in [5, 5.41) is 0.0447. The van der Waals surface area contributed by atoms with Crippen LogP contribution in [0, 0.1) is 0 Å². The number of hydrogen-bond acceptors (Lipinski definition) is 3. The number of rotatable bonds is 2.